The van der Waals surface area contributed by atoms with Crippen LogP contribution in [-0.4, -0.2) is 19.6 Å². The predicted octanol–water partition coefficient (Wildman–Crippen LogP) is 3.38. The SMILES string of the molecule is COCCCCC1(C(N)=O)c2ccccc2Oc2ccccc21. The van der Waals surface area contributed by atoms with Crippen LogP contribution in [-0.2, 0) is 14.9 Å². The summed E-state index contributed by atoms with van der Waals surface area (Å²) in [6, 6.07) is 15.3. The van der Waals surface area contributed by atoms with Gasteiger partial charge in [0, 0.05) is 24.8 Å². The summed E-state index contributed by atoms with van der Waals surface area (Å²) in [6.07, 6.45) is 2.37. The summed E-state index contributed by atoms with van der Waals surface area (Å²) < 4.78 is 11.1. The smallest absolute Gasteiger partial charge is 0.232 e. The van der Waals surface area contributed by atoms with Gasteiger partial charge in [0.15, 0.2) is 0 Å². The van der Waals surface area contributed by atoms with Gasteiger partial charge in [-0.1, -0.05) is 36.4 Å². The van der Waals surface area contributed by atoms with Gasteiger partial charge in [-0.25, -0.2) is 0 Å². The fraction of sp³-hybridized carbons (Fsp3) is 0.316. The highest BCUT2D eigenvalue weighted by atomic mass is 16.5. The van der Waals surface area contributed by atoms with Crippen LogP contribution in [0.3, 0.4) is 0 Å². The van der Waals surface area contributed by atoms with Crippen LogP contribution in [0.1, 0.15) is 30.4 Å². The summed E-state index contributed by atoms with van der Waals surface area (Å²) in [4.78, 5) is 12.6. The Labute approximate surface area is 136 Å². The molecule has 0 aliphatic carbocycles. The van der Waals surface area contributed by atoms with E-state index >= 15 is 0 Å². The third-order valence-electron chi connectivity index (χ3n) is 4.48. The predicted molar refractivity (Wildman–Crippen MR) is 88.7 cm³/mol. The fourth-order valence-electron chi connectivity index (χ4n) is 3.37. The number of carbonyl (C=O) groups is 1. The van der Waals surface area contributed by atoms with Crippen LogP contribution in [0.4, 0.5) is 0 Å². The molecule has 4 heteroatoms. The van der Waals surface area contributed by atoms with Gasteiger partial charge in [-0.3, -0.25) is 4.79 Å². The van der Waals surface area contributed by atoms with Gasteiger partial charge in [0.05, 0.1) is 0 Å². The third-order valence-corrected chi connectivity index (χ3v) is 4.48. The molecular weight excluding hydrogens is 290 g/mol. The number of primary amides is 1. The number of hydrogen-bond donors (Lipinski definition) is 1. The summed E-state index contributed by atoms with van der Waals surface area (Å²) in [6.45, 7) is 0.675. The number of rotatable bonds is 6. The Kier molecular flexibility index (Phi) is 4.35. The average Bonchev–Trinajstić information content (AvgIpc) is 2.57. The topological polar surface area (TPSA) is 61.5 Å². The Balaban J connectivity index is 2.11. The monoisotopic (exact) mass is 311 g/mol. The van der Waals surface area contributed by atoms with E-state index in [1.165, 1.54) is 0 Å². The molecule has 2 aromatic rings. The maximum atomic E-state index is 12.6. The first-order chi connectivity index (χ1) is 11.2. The van der Waals surface area contributed by atoms with Crippen LogP contribution in [0.2, 0.25) is 0 Å². The lowest BCUT2D eigenvalue weighted by Gasteiger charge is -2.38. The van der Waals surface area contributed by atoms with Crippen molar-refractivity contribution in [2.75, 3.05) is 13.7 Å². The zero-order chi connectivity index (χ0) is 16.3. The molecule has 3 rings (SSSR count). The molecular formula is C19H21NO3. The van der Waals surface area contributed by atoms with Crippen LogP contribution >= 0.6 is 0 Å². The fourth-order valence-corrected chi connectivity index (χ4v) is 3.37. The van der Waals surface area contributed by atoms with Gasteiger partial charge < -0.3 is 15.2 Å². The van der Waals surface area contributed by atoms with Crippen LogP contribution in [0.15, 0.2) is 48.5 Å². The Morgan fingerprint density at radius 1 is 1.04 bits per heavy atom. The first kappa shape index (κ1) is 15.6. The minimum absolute atomic E-state index is 0.335. The summed E-state index contributed by atoms with van der Waals surface area (Å²) in [5.74, 6) is 1.08. The molecule has 4 nitrogen and oxygen atoms in total. The third kappa shape index (κ3) is 2.59. The number of nitrogens with two attached hydrogens (primary N) is 1. The molecule has 0 aromatic heterocycles. The van der Waals surface area contributed by atoms with Gasteiger partial charge in [-0.05, 0) is 31.4 Å². The van der Waals surface area contributed by atoms with E-state index in [2.05, 4.69) is 0 Å². The number of unbranched alkanes of at least 4 members (excludes halogenated alkanes) is 1. The lowest BCUT2D eigenvalue weighted by atomic mass is 9.68. The quantitative estimate of drug-likeness (QED) is 0.832. The van der Waals surface area contributed by atoms with Gasteiger partial charge >= 0.3 is 0 Å². The van der Waals surface area contributed by atoms with Crippen molar-refractivity contribution < 1.29 is 14.3 Å². The molecule has 0 bridgehead atoms. The number of fused-ring (bicyclic) bond motifs is 2. The molecule has 1 amide bonds. The van der Waals surface area contributed by atoms with E-state index in [1.807, 2.05) is 48.5 Å². The molecule has 0 spiro atoms. The number of methoxy groups -OCH3 is 1. The first-order valence-electron chi connectivity index (χ1n) is 7.86. The zero-order valence-corrected chi connectivity index (χ0v) is 13.2. The Hall–Kier alpha value is -2.33. The van der Waals surface area contributed by atoms with Crippen molar-refractivity contribution in [2.45, 2.75) is 24.7 Å². The normalized spacial score (nSPS) is 14.5. The Bertz CT molecular complexity index is 666. The lowest BCUT2D eigenvalue weighted by Crippen LogP contribution is -2.44. The highest BCUT2D eigenvalue weighted by Gasteiger charge is 2.46. The molecule has 0 saturated heterocycles. The molecule has 0 radical (unpaired) electrons. The van der Waals surface area contributed by atoms with E-state index < -0.39 is 5.41 Å². The standard InChI is InChI=1S/C19H21NO3/c1-22-13-7-6-12-19(18(20)21)14-8-2-4-10-16(14)23-17-11-5-3-9-15(17)19/h2-5,8-11H,6-7,12-13H2,1H3,(H2,20,21). The molecule has 2 aromatic carbocycles. The first-order valence-corrected chi connectivity index (χ1v) is 7.86. The molecule has 0 fully saturated rings. The van der Waals surface area contributed by atoms with Crippen molar-refractivity contribution in [3.8, 4) is 11.5 Å². The molecule has 0 saturated carbocycles. The highest BCUT2D eigenvalue weighted by molar-refractivity contribution is 5.93. The zero-order valence-electron chi connectivity index (χ0n) is 13.2. The van der Waals surface area contributed by atoms with E-state index in [0.29, 0.717) is 24.5 Å². The second-order valence-corrected chi connectivity index (χ2v) is 5.81. The molecule has 23 heavy (non-hydrogen) atoms. The number of benzene rings is 2. The van der Waals surface area contributed by atoms with Crippen LogP contribution < -0.4 is 10.5 Å². The summed E-state index contributed by atoms with van der Waals surface area (Å²) in [5.41, 5.74) is 6.77. The van der Waals surface area contributed by atoms with E-state index in [9.17, 15) is 4.79 Å². The number of hydrogen-bond acceptors (Lipinski definition) is 3. The minimum Gasteiger partial charge on any atom is -0.457 e. The molecule has 2 N–H and O–H groups in total. The molecule has 1 aliphatic rings. The second kappa shape index (κ2) is 6.42. The molecule has 1 heterocycles. The maximum absolute atomic E-state index is 12.6. The van der Waals surface area contributed by atoms with Gasteiger partial charge in [0.25, 0.3) is 0 Å². The van der Waals surface area contributed by atoms with E-state index in [0.717, 1.165) is 24.0 Å². The van der Waals surface area contributed by atoms with Crippen molar-refractivity contribution in [2.24, 2.45) is 5.73 Å². The average molecular weight is 311 g/mol. The largest absolute Gasteiger partial charge is 0.457 e. The molecule has 120 valence electrons. The Morgan fingerprint density at radius 3 is 2.13 bits per heavy atom. The molecule has 0 atom stereocenters. The second-order valence-electron chi connectivity index (χ2n) is 5.81. The van der Waals surface area contributed by atoms with Crippen molar-refractivity contribution in [3.05, 3.63) is 59.7 Å². The Morgan fingerprint density at radius 2 is 1.61 bits per heavy atom. The number of para-hydroxylation sites is 2. The summed E-state index contributed by atoms with van der Waals surface area (Å²) in [5, 5.41) is 0. The number of amides is 1. The summed E-state index contributed by atoms with van der Waals surface area (Å²) >= 11 is 0. The van der Waals surface area contributed by atoms with Crippen molar-refractivity contribution >= 4 is 5.91 Å². The number of carbonyl (C=O) groups excluding carboxylic acids is 1. The van der Waals surface area contributed by atoms with Gasteiger partial charge in [-0.2, -0.15) is 0 Å². The van der Waals surface area contributed by atoms with Gasteiger partial charge in [0.2, 0.25) is 5.91 Å². The maximum Gasteiger partial charge on any atom is 0.232 e. The van der Waals surface area contributed by atoms with Crippen LogP contribution in [0, 0.1) is 0 Å². The number of ether oxygens (including phenoxy) is 2. The van der Waals surface area contributed by atoms with Crippen LogP contribution in [0.5, 0.6) is 11.5 Å². The van der Waals surface area contributed by atoms with E-state index in [4.69, 9.17) is 15.2 Å². The van der Waals surface area contributed by atoms with E-state index in [1.54, 1.807) is 7.11 Å². The van der Waals surface area contributed by atoms with Crippen molar-refractivity contribution in [1.29, 1.82) is 0 Å². The minimum atomic E-state index is -0.848. The van der Waals surface area contributed by atoms with Crippen molar-refractivity contribution in [1.82, 2.24) is 0 Å². The van der Waals surface area contributed by atoms with Crippen LogP contribution in [0.25, 0.3) is 0 Å². The molecule has 0 unspecified atom stereocenters. The van der Waals surface area contributed by atoms with Crippen molar-refractivity contribution in [3.63, 3.8) is 0 Å². The summed E-state index contributed by atoms with van der Waals surface area (Å²) in [7, 11) is 1.68. The lowest BCUT2D eigenvalue weighted by molar-refractivity contribution is -0.122. The highest BCUT2D eigenvalue weighted by Crippen LogP contribution is 2.50. The van der Waals surface area contributed by atoms with Gasteiger partial charge in [-0.15, -0.1) is 0 Å². The van der Waals surface area contributed by atoms with E-state index in [-0.39, 0.29) is 5.91 Å². The van der Waals surface area contributed by atoms with Gasteiger partial charge in [0.1, 0.15) is 16.9 Å². The molecule has 1 aliphatic heterocycles.